The molecule has 0 aliphatic rings. The van der Waals surface area contributed by atoms with E-state index in [0.29, 0.717) is 0 Å². The Morgan fingerprint density at radius 2 is 2.57 bits per heavy atom. The van der Waals surface area contributed by atoms with Gasteiger partial charge in [0.15, 0.2) is 0 Å². The minimum Gasteiger partial charge on any atom is -0.380 e. The maximum Gasteiger partial charge on any atom is 0 e. The summed E-state index contributed by atoms with van der Waals surface area (Å²) in [6, 6.07) is 1.79. The first-order valence-electron chi connectivity index (χ1n) is 1.77. The number of aromatic nitrogens is 2. The summed E-state index contributed by atoms with van der Waals surface area (Å²) in [6.45, 7) is 1.93. The van der Waals surface area contributed by atoms with Crippen LogP contribution in [0, 0.1) is 13.1 Å². The predicted octanol–water partition coefficient (Wildman–Crippen LogP) is 0.516. The second kappa shape index (κ2) is 2.95. The van der Waals surface area contributed by atoms with E-state index in [1.165, 1.54) is 0 Å². The molecule has 0 saturated heterocycles. The van der Waals surface area contributed by atoms with Gasteiger partial charge in [0, 0.05) is 20.4 Å². The molecule has 1 aromatic heterocycles. The molecule has 1 aromatic rings. The standard InChI is InChI=1S/C4H5N2.Re/c1-4-2-3-5-6-4;/h2H,1H3,(H,5,6);/q-1;. The number of nitrogens with one attached hydrogen (secondary N) is 1. The second-order valence-electron chi connectivity index (χ2n) is 1.18. The molecule has 0 spiro atoms. The monoisotopic (exact) mass is 268 g/mol. The molecule has 0 unspecified atom stereocenters. The van der Waals surface area contributed by atoms with Gasteiger partial charge in [-0.3, -0.25) is 0 Å². The molecule has 7 heavy (non-hydrogen) atoms. The van der Waals surface area contributed by atoms with Gasteiger partial charge in [-0.1, -0.05) is 6.92 Å². The summed E-state index contributed by atoms with van der Waals surface area (Å²) in [6.07, 6.45) is 2.62. The smallest absolute Gasteiger partial charge is 0 e. The number of H-pyrrole nitrogens is 1. The van der Waals surface area contributed by atoms with Crippen LogP contribution in [0.15, 0.2) is 6.07 Å². The van der Waals surface area contributed by atoms with Gasteiger partial charge >= 0.3 is 0 Å². The molecule has 0 amide bonds. The van der Waals surface area contributed by atoms with Gasteiger partial charge in [0.25, 0.3) is 0 Å². The summed E-state index contributed by atoms with van der Waals surface area (Å²) in [5, 5.41) is 6.27. The first-order valence-corrected chi connectivity index (χ1v) is 1.77. The molecule has 0 bridgehead atoms. The normalized spacial score (nSPS) is 7.57. The fraction of sp³-hybridized carbons (Fsp3) is 0.250. The molecule has 0 fully saturated rings. The van der Waals surface area contributed by atoms with Crippen LogP contribution in [-0.4, -0.2) is 10.2 Å². The Labute approximate surface area is 56.0 Å². The van der Waals surface area contributed by atoms with Crippen LogP contribution in [0.25, 0.3) is 0 Å². The number of hydrogen-bond acceptors (Lipinski definition) is 1. The Kier molecular flexibility index (Phi) is 2.90. The number of aryl methyl sites for hydroxylation is 1. The van der Waals surface area contributed by atoms with Crippen LogP contribution in [0.4, 0.5) is 0 Å². The van der Waals surface area contributed by atoms with E-state index >= 15 is 0 Å². The van der Waals surface area contributed by atoms with Crippen LogP contribution in [0.3, 0.4) is 0 Å². The molecular weight excluding hydrogens is 262 g/mol. The van der Waals surface area contributed by atoms with Gasteiger partial charge in [-0.25, -0.2) is 0 Å². The molecule has 1 N–H and O–H groups in total. The molecule has 2 nitrogen and oxygen atoms in total. The Balaban J connectivity index is 0.000000360. The minimum absolute atomic E-state index is 0. The molecule has 39 valence electrons. The summed E-state index contributed by atoms with van der Waals surface area (Å²) in [4.78, 5) is 0. The molecule has 1 radical (unpaired) electrons. The molecule has 0 saturated carbocycles. The van der Waals surface area contributed by atoms with Crippen molar-refractivity contribution in [2.45, 2.75) is 6.92 Å². The summed E-state index contributed by atoms with van der Waals surface area (Å²) < 4.78 is 0. The van der Waals surface area contributed by atoms with Crippen LogP contribution in [0.5, 0.6) is 0 Å². The Bertz CT molecular complexity index is 113. The van der Waals surface area contributed by atoms with Crippen molar-refractivity contribution < 1.29 is 20.4 Å². The van der Waals surface area contributed by atoms with Crippen LogP contribution < -0.4 is 0 Å². The Morgan fingerprint density at radius 1 is 1.86 bits per heavy atom. The summed E-state index contributed by atoms with van der Waals surface area (Å²) in [7, 11) is 0. The SMILES string of the molecule is Cc1c[c-]n[nH]1.[Re]. The number of nitrogens with zero attached hydrogens (tertiary/aromatic N) is 1. The van der Waals surface area contributed by atoms with Gasteiger partial charge in [0.05, 0.1) is 0 Å². The van der Waals surface area contributed by atoms with E-state index in [-0.39, 0.29) is 20.4 Å². The van der Waals surface area contributed by atoms with Crippen molar-refractivity contribution in [2.24, 2.45) is 0 Å². The van der Waals surface area contributed by atoms with Gasteiger partial charge in [0.1, 0.15) is 0 Å². The molecule has 0 aliphatic carbocycles. The van der Waals surface area contributed by atoms with Crippen molar-refractivity contribution in [2.75, 3.05) is 0 Å². The van der Waals surface area contributed by atoms with Gasteiger partial charge in [-0.2, -0.15) is 6.07 Å². The largest absolute Gasteiger partial charge is 0.380 e. The van der Waals surface area contributed by atoms with Crippen molar-refractivity contribution in [1.82, 2.24) is 10.2 Å². The van der Waals surface area contributed by atoms with E-state index < -0.39 is 0 Å². The molecule has 1 heterocycles. The molecule has 0 aromatic carbocycles. The fourth-order valence-corrected chi connectivity index (χ4v) is 0.282. The van der Waals surface area contributed by atoms with E-state index in [2.05, 4.69) is 16.4 Å². The number of hydrogen-bond donors (Lipinski definition) is 1. The predicted molar refractivity (Wildman–Crippen MR) is 22.2 cm³/mol. The topological polar surface area (TPSA) is 28.7 Å². The van der Waals surface area contributed by atoms with Gasteiger partial charge in [-0.05, 0) is 0 Å². The molecular formula is C4H5N2Re-. The summed E-state index contributed by atoms with van der Waals surface area (Å²) in [5.41, 5.74) is 1.05. The van der Waals surface area contributed by atoms with E-state index in [4.69, 9.17) is 0 Å². The zero-order valence-electron chi connectivity index (χ0n) is 3.90. The van der Waals surface area contributed by atoms with Gasteiger partial charge < -0.3 is 10.2 Å². The zero-order valence-corrected chi connectivity index (χ0v) is 6.62. The molecule has 0 aliphatic heterocycles. The molecule has 0 atom stereocenters. The van der Waals surface area contributed by atoms with Crippen molar-refractivity contribution in [3.63, 3.8) is 0 Å². The first-order chi connectivity index (χ1) is 2.89. The Morgan fingerprint density at radius 3 is 2.71 bits per heavy atom. The van der Waals surface area contributed by atoms with Gasteiger partial charge in [0.2, 0.25) is 0 Å². The van der Waals surface area contributed by atoms with Crippen LogP contribution in [-0.2, 0) is 20.4 Å². The summed E-state index contributed by atoms with van der Waals surface area (Å²) in [5.74, 6) is 0. The third-order valence-corrected chi connectivity index (χ3v) is 0.578. The van der Waals surface area contributed by atoms with E-state index in [0.717, 1.165) is 5.69 Å². The fourth-order valence-electron chi connectivity index (χ4n) is 0.282. The van der Waals surface area contributed by atoms with Crippen molar-refractivity contribution in [3.8, 4) is 0 Å². The number of aromatic amines is 1. The minimum atomic E-state index is 0. The van der Waals surface area contributed by atoms with Crippen molar-refractivity contribution >= 4 is 0 Å². The van der Waals surface area contributed by atoms with Crippen LogP contribution >= 0.6 is 0 Å². The zero-order chi connectivity index (χ0) is 4.41. The van der Waals surface area contributed by atoms with Crippen molar-refractivity contribution in [3.05, 3.63) is 18.0 Å². The van der Waals surface area contributed by atoms with E-state index in [9.17, 15) is 0 Å². The van der Waals surface area contributed by atoms with E-state index in [1.807, 2.05) is 6.92 Å². The second-order valence-corrected chi connectivity index (χ2v) is 1.18. The maximum absolute atomic E-state index is 3.57. The van der Waals surface area contributed by atoms with Crippen molar-refractivity contribution in [1.29, 1.82) is 0 Å². The third kappa shape index (κ3) is 1.86. The Hall–Kier alpha value is -0.128. The average Bonchev–Trinajstić information content (AvgIpc) is 1.86. The first kappa shape index (κ1) is 6.87. The van der Waals surface area contributed by atoms with Crippen LogP contribution in [0.2, 0.25) is 0 Å². The molecule has 1 rings (SSSR count). The van der Waals surface area contributed by atoms with Crippen LogP contribution in [0.1, 0.15) is 5.69 Å². The quantitative estimate of drug-likeness (QED) is 0.682. The molecule has 3 heteroatoms. The van der Waals surface area contributed by atoms with Gasteiger partial charge in [-0.15, -0.1) is 11.9 Å². The number of rotatable bonds is 0. The third-order valence-electron chi connectivity index (χ3n) is 0.578. The summed E-state index contributed by atoms with van der Waals surface area (Å²) >= 11 is 0. The van der Waals surface area contributed by atoms with E-state index in [1.54, 1.807) is 6.07 Å². The maximum atomic E-state index is 3.57. The average molecular weight is 267 g/mol.